The van der Waals surface area contributed by atoms with Crippen molar-refractivity contribution in [2.24, 2.45) is 4.99 Å². The predicted molar refractivity (Wildman–Crippen MR) is 47.8 cm³/mol. The van der Waals surface area contributed by atoms with E-state index in [4.69, 9.17) is 0 Å². The molecule has 64 valence electrons. The summed E-state index contributed by atoms with van der Waals surface area (Å²) in [6.07, 6.45) is 3.83. The summed E-state index contributed by atoms with van der Waals surface area (Å²) in [4.78, 5) is 6.81. The lowest BCUT2D eigenvalue weighted by Gasteiger charge is -2.27. The maximum Gasteiger partial charge on any atom is 0.193 e. The van der Waals surface area contributed by atoms with Crippen molar-refractivity contribution in [3.63, 3.8) is 0 Å². The van der Waals surface area contributed by atoms with Gasteiger partial charge >= 0.3 is 0 Å². The zero-order valence-corrected chi connectivity index (χ0v) is 6.84. The molecule has 0 aromatic carbocycles. The number of hydrogen-bond donors (Lipinski definition) is 1. The summed E-state index contributed by atoms with van der Waals surface area (Å²) >= 11 is 0. The third-order valence-corrected chi connectivity index (χ3v) is 2.29. The molecule has 3 nitrogen and oxygen atoms in total. The molecule has 2 heterocycles. The SMILES string of the molecule is C1CCN2CCCN=C2NC1.[HH]. The first-order valence-electron chi connectivity index (χ1n) is 4.50. The van der Waals surface area contributed by atoms with E-state index in [1.807, 2.05) is 0 Å². The second-order valence-electron chi connectivity index (χ2n) is 3.18. The highest BCUT2D eigenvalue weighted by Crippen LogP contribution is 2.06. The number of guanidine groups is 1. The number of nitrogens with zero attached hydrogens (tertiary/aromatic N) is 2. The highest BCUT2D eigenvalue weighted by atomic mass is 15.3. The van der Waals surface area contributed by atoms with Crippen LogP contribution in [-0.2, 0) is 0 Å². The largest absolute Gasteiger partial charge is 0.356 e. The molecular formula is C8H17N3. The van der Waals surface area contributed by atoms with Crippen molar-refractivity contribution in [2.75, 3.05) is 26.2 Å². The van der Waals surface area contributed by atoms with Crippen molar-refractivity contribution in [3.05, 3.63) is 0 Å². The van der Waals surface area contributed by atoms with Gasteiger partial charge in [0.05, 0.1) is 0 Å². The molecule has 1 N–H and O–H groups in total. The number of fused-ring (bicyclic) bond motifs is 1. The molecule has 1 saturated heterocycles. The molecule has 11 heavy (non-hydrogen) atoms. The van der Waals surface area contributed by atoms with E-state index in [1.54, 1.807) is 0 Å². The van der Waals surface area contributed by atoms with Crippen molar-refractivity contribution >= 4 is 5.96 Å². The van der Waals surface area contributed by atoms with Gasteiger partial charge in [0.15, 0.2) is 5.96 Å². The molecule has 0 radical (unpaired) electrons. The monoisotopic (exact) mass is 155 g/mol. The van der Waals surface area contributed by atoms with Gasteiger partial charge < -0.3 is 10.2 Å². The first-order chi connectivity index (χ1) is 5.47. The smallest absolute Gasteiger partial charge is 0.193 e. The van der Waals surface area contributed by atoms with Gasteiger partial charge in [0.2, 0.25) is 0 Å². The molecule has 2 aliphatic rings. The fourth-order valence-corrected chi connectivity index (χ4v) is 1.67. The average molecular weight is 155 g/mol. The van der Waals surface area contributed by atoms with Crippen LogP contribution in [0.5, 0.6) is 0 Å². The molecule has 0 aromatic heterocycles. The molecule has 0 aliphatic carbocycles. The maximum atomic E-state index is 4.44. The van der Waals surface area contributed by atoms with E-state index in [2.05, 4.69) is 15.2 Å². The van der Waals surface area contributed by atoms with Gasteiger partial charge in [0, 0.05) is 27.6 Å². The normalized spacial score (nSPS) is 24.7. The minimum absolute atomic E-state index is 0. The lowest BCUT2D eigenvalue weighted by Crippen LogP contribution is -2.43. The van der Waals surface area contributed by atoms with Gasteiger partial charge in [-0.1, -0.05) is 0 Å². The van der Waals surface area contributed by atoms with Crippen molar-refractivity contribution in [1.82, 2.24) is 10.2 Å². The predicted octanol–water partition coefficient (Wildman–Crippen LogP) is 0.677. The lowest BCUT2D eigenvalue weighted by atomic mass is 10.3. The van der Waals surface area contributed by atoms with Crippen LogP contribution in [0.25, 0.3) is 0 Å². The summed E-state index contributed by atoms with van der Waals surface area (Å²) in [5, 5.41) is 3.36. The molecule has 3 heteroatoms. The van der Waals surface area contributed by atoms with Crippen LogP contribution in [0.1, 0.15) is 20.7 Å². The van der Waals surface area contributed by atoms with Gasteiger partial charge in [-0.05, 0) is 19.3 Å². The van der Waals surface area contributed by atoms with Crippen LogP contribution in [-0.4, -0.2) is 37.0 Å². The van der Waals surface area contributed by atoms with Crippen LogP contribution < -0.4 is 5.32 Å². The molecule has 1 fully saturated rings. The van der Waals surface area contributed by atoms with Crippen molar-refractivity contribution in [3.8, 4) is 0 Å². The van der Waals surface area contributed by atoms with Gasteiger partial charge in [-0.2, -0.15) is 0 Å². The molecule has 0 saturated carbocycles. The quantitative estimate of drug-likeness (QED) is 0.557. The molecule has 0 bridgehead atoms. The highest BCUT2D eigenvalue weighted by Gasteiger charge is 2.16. The minimum Gasteiger partial charge on any atom is -0.356 e. The third kappa shape index (κ3) is 1.47. The van der Waals surface area contributed by atoms with Gasteiger partial charge in [0.1, 0.15) is 0 Å². The van der Waals surface area contributed by atoms with Crippen molar-refractivity contribution in [1.29, 1.82) is 0 Å². The molecular weight excluding hydrogens is 138 g/mol. The molecule has 0 aromatic rings. The van der Waals surface area contributed by atoms with E-state index in [1.165, 1.54) is 32.4 Å². The van der Waals surface area contributed by atoms with Crippen LogP contribution >= 0.6 is 0 Å². The Morgan fingerprint density at radius 3 is 3.18 bits per heavy atom. The van der Waals surface area contributed by atoms with E-state index in [0.29, 0.717) is 0 Å². The van der Waals surface area contributed by atoms with Crippen LogP contribution in [0.2, 0.25) is 0 Å². The van der Waals surface area contributed by atoms with Gasteiger partial charge in [0.25, 0.3) is 0 Å². The topological polar surface area (TPSA) is 27.6 Å². The number of rotatable bonds is 0. The Hall–Kier alpha value is -0.730. The number of hydrogen-bond acceptors (Lipinski definition) is 3. The van der Waals surface area contributed by atoms with Crippen LogP contribution in [0, 0.1) is 0 Å². The van der Waals surface area contributed by atoms with Gasteiger partial charge in [-0.25, -0.2) is 0 Å². The van der Waals surface area contributed by atoms with Crippen LogP contribution in [0.3, 0.4) is 0 Å². The second-order valence-corrected chi connectivity index (χ2v) is 3.18. The summed E-state index contributed by atoms with van der Waals surface area (Å²) in [7, 11) is 0. The van der Waals surface area contributed by atoms with Crippen molar-refractivity contribution in [2.45, 2.75) is 19.3 Å². The molecule has 0 spiro atoms. The van der Waals surface area contributed by atoms with E-state index in [9.17, 15) is 0 Å². The summed E-state index contributed by atoms with van der Waals surface area (Å²) in [6, 6.07) is 0. The number of nitrogens with one attached hydrogen (secondary N) is 1. The van der Waals surface area contributed by atoms with Crippen molar-refractivity contribution < 1.29 is 1.43 Å². The molecule has 0 atom stereocenters. The Balaban J connectivity index is 0.000000720. The summed E-state index contributed by atoms with van der Waals surface area (Å²) in [6.45, 7) is 4.52. The third-order valence-electron chi connectivity index (χ3n) is 2.29. The lowest BCUT2D eigenvalue weighted by molar-refractivity contribution is 0.388. The first-order valence-corrected chi connectivity index (χ1v) is 4.50. The van der Waals surface area contributed by atoms with E-state index in [-0.39, 0.29) is 1.43 Å². The summed E-state index contributed by atoms with van der Waals surface area (Å²) in [5.41, 5.74) is 0. The minimum atomic E-state index is 0. The summed E-state index contributed by atoms with van der Waals surface area (Å²) < 4.78 is 0. The standard InChI is InChI=1S/C8H15N3.H2/c1-2-6-11-7-3-5-10-8(11)9-4-1;/h1-7H2,(H,9,10);1H. The van der Waals surface area contributed by atoms with Gasteiger partial charge in [-0.3, -0.25) is 4.99 Å². The average Bonchev–Trinajstić information content (AvgIpc) is 2.28. The Labute approximate surface area is 69.0 Å². The fraction of sp³-hybridized carbons (Fsp3) is 0.875. The van der Waals surface area contributed by atoms with E-state index < -0.39 is 0 Å². The Morgan fingerprint density at radius 2 is 2.18 bits per heavy atom. The Kier molecular flexibility index (Phi) is 1.97. The highest BCUT2D eigenvalue weighted by molar-refractivity contribution is 5.80. The number of aliphatic imine (C=N–C) groups is 1. The van der Waals surface area contributed by atoms with E-state index >= 15 is 0 Å². The molecule has 2 aliphatic heterocycles. The maximum absolute atomic E-state index is 4.44. The van der Waals surface area contributed by atoms with Gasteiger partial charge in [-0.15, -0.1) is 0 Å². The Bertz CT molecular complexity index is 170. The fourth-order valence-electron chi connectivity index (χ4n) is 1.67. The van der Waals surface area contributed by atoms with E-state index in [0.717, 1.165) is 19.0 Å². The second kappa shape index (κ2) is 3.11. The van der Waals surface area contributed by atoms with Crippen LogP contribution in [0.15, 0.2) is 4.99 Å². The summed E-state index contributed by atoms with van der Waals surface area (Å²) in [5.74, 6) is 1.15. The molecule has 0 amide bonds. The zero-order chi connectivity index (χ0) is 7.52. The van der Waals surface area contributed by atoms with Crippen LogP contribution in [0.4, 0.5) is 0 Å². The first kappa shape index (κ1) is 6.95. The zero-order valence-electron chi connectivity index (χ0n) is 6.84. The Morgan fingerprint density at radius 1 is 1.27 bits per heavy atom. The molecule has 2 rings (SSSR count). The molecule has 0 unspecified atom stereocenters.